The Kier molecular flexibility index (Phi) is 3.71. The highest BCUT2D eigenvalue weighted by atomic mass is 35.5. The largest absolute Gasteiger partial charge is 0.289 e. The molecule has 1 aliphatic rings. The van der Waals surface area contributed by atoms with Crippen LogP contribution >= 0.6 is 11.6 Å². The molecule has 0 radical (unpaired) electrons. The molecule has 1 saturated heterocycles. The summed E-state index contributed by atoms with van der Waals surface area (Å²) in [5.74, 6) is 3.46. The average Bonchev–Trinajstić information content (AvgIpc) is 2.70. The Morgan fingerprint density at radius 3 is 2.73 bits per heavy atom. The van der Waals surface area contributed by atoms with Crippen molar-refractivity contribution in [1.29, 1.82) is 0 Å². The second kappa shape index (κ2) is 5.04. The van der Waals surface area contributed by atoms with Gasteiger partial charge in [-0.1, -0.05) is 23.7 Å². The predicted molar refractivity (Wildman–Crippen MR) is 67.0 cm³/mol. The number of rotatable bonds is 3. The van der Waals surface area contributed by atoms with Gasteiger partial charge in [0.1, 0.15) is 11.5 Å². The first-order valence-corrected chi connectivity index (χ1v) is 7.29. The molecule has 1 fully saturated rings. The molecule has 80 valence electrons. The third-order valence-corrected chi connectivity index (χ3v) is 5.24. The van der Waals surface area contributed by atoms with Gasteiger partial charge in [-0.25, -0.2) is 0 Å². The molecule has 1 aliphatic heterocycles. The Hall–Kier alpha value is -0.470. The molecule has 0 spiro atoms. The lowest BCUT2D eigenvalue weighted by molar-refractivity contribution is 0.102. The molecular weight excluding hydrogens is 228 g/mol. The minimum absolute atomic E-state index is 0.253. The number of halogens is 1. The lowest BCUT2D eigenvalue weighted by Gasteiger charge is -2.01. The fraction of sp³-hybridized carbons (Fsp3) is 0.417. The van der Waals surface area contributed by atoms with Crippen molar-refractivity contribution in [2.45, 2.75) is 12.8 Å². The van der Waals surface area contributed by atoms with Crippen molar-refractivity contribution in [3.8, 4) is 0 Å². The lowest BCUT2D eigenvalue weighted by atomic mass is 10.1. The molecule has 0 saturated carbocycles. The van der Waals surface area contributed by atoms with Crippen molar-refractivity contribution in [3.63, 3.8) is 0 Å². The molecule has 3 heteroatoms. The van der Waals surface area contributed by atoms with Crippen LogP contribution in [0.2, 0.25) is 5.02 Å². The minimum atomic E-state index is 0.253. The van der Waals surface area contributed by atoms with E-state index in [-0.39, 0.29) is 5.78 Å². The van der Waals surface area contributed by atoms with E-state index in [9.17, 15) is 4.79 Å². The van der Waals surface area contributed by atoms with Crippen LogP contribution in [-0.4, -0.2) is 23.0 Å². The maximum Gasteiger partial charge on any atom is 0.211 e. The normalized spacial score (nSPS) is 16.9. The maximum atomic E-state index is 11.9. The molecule has 0 unspecified atom stereocenters. The molecule has 2 rings (SSSR count). The van der Waals surface area contributed by atoms with E-state index >= 15 is 0 Å². The molecule has 1 heterocycles. The molecule has 15 heavy (non-hydrogen) atoms. The molecule has 1 aromatic carbocycles. The molecule has 0 aliphatic carbocycles. The zero-order valence-electron chi connectivity index (χ0n) is 8.54. The standard InChI is InChI=1S/C12H14ClOS/c13-11-5-3-4-10(8-11)12(14)9-15-6-1-2-7-15/h3-5,8H,1-2,6-7,9H2/q+1. The molecule has 1 aromatic rings. The van der Waals surface area contributed by atoms with Crippen LogP contribution in [0.1, 0.15) is 23.2 Å². The fourth-order valence-electron chi connectivity index (χ4n) is 1.79. The van der Waals surface area contributed by atoms with Crippen molar-refractivity contribution < 1.29 is 4.79 Å². The van der Waals surface area contributed by atoms with Gasteiger partial charge in [0.15, 0.2) is 5.75 Å². The SMILES string of the molecule is O=C(C[S+]1CCCC1)c1cccc(Cl)c1. The third-order valence-electron chi connectivity index (χ3n) is 2.60. The smallest absolute Gasteiger partial charge is 0.211 e. The highest BCUT2D eigenvalue weighted by molar-refractivity contribution is 7.97. The van der Waals surface area contributed by atoms with Gasteiger partial charge in [0.05, 0.1) is 0 Å². The van der Waals surface area contributed by atoms with Crippen LogP contribution < -0.4 is 0 Å². The van der Waals surface area contributed by atoms with Crippen LogP contribution in [0, 0.1) is 0 Å². The second-order valence-electron chi connectivity index (χ2n) is 3.81. The van der Waals surface area contributed by atoms with Crippen molar-refractivity contribution in [2.24, 2.45) is 0 Å². The molecule has 0 N–H and O–H groups in total. The number of hydrogen-bond donors (Lipinski definition) is 0. The van der Waals surface area contributed by atoms with E-state index < -0.39 is 0 Å². The monoisotopic (exact) mass is 241 g/mol. The first-order chi connectivity index (χ1) is 7.25. The Balaban J connectivity index is 2.01. The Morgan fingerprint density at radius 2 is 2.07 bits per heavy atom. The van der Waals surface area contributed by atoms with E-state index in [1.807, 2.05) is 12.1 Å². The van der Waals surface area contributed by atoms with Gasteiger partial charge in [0.2, 0.25) is 5.78 Å². The van der Waals surface area contributed by atoms with Crippen LogP contribution in [0.15, 0.2) is 24.3 Å². The highest BCUT2D eigenvalue weighted by Crippen LogP contribution is 2.17. The summed E-state index contributed by atoms with van der Waals surface area (Å²) >= 11 is 5.86. The van der Waals surface area contributed by atoms with Crippen molar-refractivity contribution >= 4 is 28.3 Å². The highest BCUT2D eigenvalue weighted by Gasteiger charge is 2.27. The van der Waals surface area contributed by atoms with Gasteiger partial charge in [-0.3, -0.25) is 4.79 Å². The number of carbonyl (C=O) groups is 1. The first kappa shape index (κ1) is 11.0. The molecule has 0 bridgehead atoms. The van der Waals surface area contributed by atoms with E-state index in [0.717, 1.165) is 11.3 Å². The van der Waals surface area contributed by atoms with Gasteiger partial charge in [0.25, 0.3) is 0 Å². The van der Waals surface area contributed by atoms with E-state index in [2.05, 4.69) is 0 Å². The Morgan fingerprint density at radius 1 is 1.33 bits per heavy atom. The van der Waals surface area contributed by atoms with Gasteiger partial charge in [-0.15, -0.1) is 0 Å². The van der Waals surface area contributed by atoms with Gasteiger partial charge in [-0.05, 0) is 35.9 Å². The summed E-state index contributed by atoms with van der Waals surface area (Å²) < 4.78 is 0. The number of hydrogen-bond acceptors (Lipinski definition) is 1. The fourth-order valence-corrected chi connectivity index (χ4v) is 4.23. The van der Waals surface area contributed by atoms with Crippen molar-refractivity contribution in [1.82, 2.24) is 0 Å². The Bertz CT molecular complexity index is 358. The van der Waals surface area contributed by atoms with E-state index in [4.69, 9.17) is 11.6 Å². The molecular formula is C12H14ClOS+. The summed E-state index contributed by atoms with van der Waals surface area (Å²) in [4.78, 5) is 11.9. The van der Waals surface area contributed by atoms with Crippen LogP contribution in [0.4, 0.5) is 0 Å². The zero-order valence-corrected chi connectivity index (χ0v) is 10.1. The van der Waals surface area contributed by atoms with Crippen LogP contribution in [0.3, 0.4) is 0 Å². The Labute approximate surface area is 98.2 Å². The van der Waals surface area contributed by atoms with E-state index in [1.54, 1.807) is 12.1 Å². The third kappa shape index (κ3) is 2.99. The maximum absolute atomic E-state index is 11.9. The summed E-state index contributed by atoms with van der Waals surface area (Å²) in [6.45, 7) is 0. The summed E-state index contributed by atoms with van der Waals surface area (Å²) in [5, 5.41) is 0.649. The van der Waals surface area contributed by atoms with E-state index in [0.29, 0.717) is 15.9 Å². The van der Waals surface area contributed by atoms with Gasteiger partial charge in [0, 0.05) is 10.6 Å². The molecule has 0 atom stereocenters. The average molecular weight is 242 g/mol. The molecule has 0 amide bonds. The summed E-state index contributed by atoms with van der Waals surface area (Å²) in [6.07, 6.45) is 2.60. The zero-order chi connectivity index (χ0) is 10.7. The summed E-state index contributed by atoms with van der Waals surface area (Å²) in [5.41, 5.74) is 0.766. The predicted octanol–water partition coefficient (Wildman–Crippen LogP) is 2.93. The quantitative estimate of drug-likeness (QED) is 0.588. The summed E-state index contributed by atoms with van der Waals surface area (Å²) in [6, 6.07) is 7.26. The van der Waals surface area contributed by atoms with Crippen LogP contribution in [0.5, 0.6) is 0 Å². The lowest BCUT2D eigenvalue weighted by Crippen LogP contribution is -2.17. The van der Waals surface area contributed by atoms with Gasteiger partial charge >= 0.3 is 0 Å². The number of carbonyl (C=O) groups excluding carboxylic acids is 1. The van der Waals surface area contributed by atoms with Crippen LogP contribution in [0.25, 0.3) is 0 Å². The number of Topliss-reactive ketones (excluding diaryl/α,β-unsaturated/α-hetero) is 1. The topological polar surface area (TPSA) is 17.1 Å². The van der Waals surface area contributed by atoms with Crippen molar-refractivity contribution in [3.05, 3.63) is 34.9 Å². The first-order valence-electron chi connectivity index (χ1n) is 5.18. The molecule has 0 aromatic heterocycles. The molecule has 1 nitrogen and oxygen atoms in total. The summed E-state index contributed by atoms with van der Waals surface area (Å²) in [7, 11) is 0.343. The van der Waals surface area contributed by atoms with Crippen LogP contribution in [-0.2, 0) is 10.9 Å². The van der Waals surface area contributed by atoms with E-state index in [1.165, 1.54) is 24.3 Å². The minimum Gasteiger partial charge on any atom is -0.289 e. The second-order valence-corrected chi connectivity index (χ2v) is 6.57. The number of ketones is 1. The van der Waals surface area contributed by atoms with Crippen molar-refractivity contribution in [2.75, 3.05) is 17.3 Å². The van der Waals surface area contributed by atoms with Gasteiger partial charge < -0.3 is 0 Å². The number of benzene rings is 1. The van der Waals surface area contributed by atoms with Gasteiger partial charge in [-0.2, -0.15) is 0 Å².